The van der Waals surface area contributed by atoms with E-state index in [1.54, 1.807) is 25.1 Å². The number of nitrogens with two attached hydrogens (primary N) is 1. The van der Waals surface area contributed by atoms with Crippen LogP contribution in [0.25, 0.3) is 0 Å². The first kappa shape index (κ1) is 13.5. The summed E-state index contributed by atoms with van der Waals surface area (Å²) < 4.78 is 14.0. The zero-order chi connectivity index (χ0) is 13.3. The van der Waals surface area contributed by atoms with Gasteiger partial charge in [-0.05, 0) is 57.7 Å². The lowest BCUT2D eigenvalue weighted by Gasteiger charge is -2.14. The summed E-state index contributed by atoms with van der Waals surface area (Å²) in [5.41, 5.74) is 8.57. The number of benzene rings is 2. The first-order valence-corrected chi connectivity index (χ1v) is 6.62. The van der Waals surface area contributed by atoms with Crippen molar-refractivity contribution in [3.05, 3.63) is 68.4 Å². The lowest BCUT2D eigenvalue weighted by atomic mass is 9.98. The SMILES string of the molecule is Cc1cc(C(N)c2ccc(Cl)c(Br)c2)ccc1F. The quantitative estimate of drug-likeness (QED) is 0.856. The molecule has 0 amide bonds. The Balaban J connectivity index is 2.37. The summed E-state index contributed by atoms with van der Waals surface area (Å²) >= 11 is 9.31. The second kappa shape index (κ2) is 5.39. The zero-order valence-corrected chi connectivity index (χ0v) is 12.1. The summed E-state index contributed by atoms with van der Waals surface area (Å²) in [6.07, 6.45) is 0. The van der Waals surface area contributed by atoms with E-state index >= 15 is 0 Å². The molecule has 1 nitrogen and oxygen atoms in total. The van der Waals surface area contributed by atoms with Crippen LogP contribution < -0.4 is 5.73 Å². The lowest BCUT2D eigenvalue weighted by Crippen LogP contribution is -2.12. The largest absolute Gasteiger partial charge is 0.320 e. The van der Waals surface area contributed by atoms with Gasteiger partial charge in [0.15, 0.2) is 0 Å². The summed E-state index contributed by atoms with van der Waals surface area (Å²) in [7, 11) is 0. The molecule has 1 atom stereocenters. The van der Waals surface area contributed by atoms with Crippen molar-refractivity contribution >= 4 is 27.5 Å². The molecule has 0 radical (unpaired) electrons. The third-order valence-corrected chi connectivity index (χ3v) is 4.06. The molecule has 0 aliphatic rings. The predicted octanol–water partition coefficient (Wildman–Crippen LogP) is 4.60. The summed E-state index contributed by atoms with van der Waals surface area (Å²) in [6, 6.07) is 10.2. The highest BCUT2D eigenvalue weighted by Crippen LogP contribution is 2.28. The standard InChI is InChI=1S/C14H12BrClFN/c1-8-6-9(3-5-13(8)17)14(18)10-2-4-12(16)11(15)7-10/h2-7,14H,18H2,1H3. The van der Waals surface area contributed by atoms with Crippen molar-refractivity contribution < 1.29 is 4.39 Å². The molecule has 0 aliphatic heterocycles. The highest BCUT2D eigenvalue weighted by Gasteiger charge is 2.11. The van der Waals surface area contributed by atoms with E-state index in [2.05, 4.69) is 15.9 Å². The van der Waals surface area contributed by atoms with Gasteiger partial charge in [0.05, 0.1) is 11.1 Å². The van der Waals surface area contributed by atoms with Gasteiger partial charge in [-0.1, -0.05) is 29.8 Å². The molecule has 0 saturated heterocycles. The first-order valence-electron chi connectivity index (χ1n) is 5.45. The van der Waals surface area contributed by atoms with E-state index < -0.39 is 0 Å². The number of aryl methyl sites for hydroxylation is 1. The van der Waals surface area contributed by atoms with Crippen molar-refractivity contribution in [3.63, 3.8) is 0 Å². The maximum atomic E-state index is 13.2. The summed E-state index contributed by atoms with van der Waals surface area (Å²) in [5.74, 6) is -0.219. The van der Waals surface area contributed by atoms with Crippen molar-refractivity contribution in [1.82, 2.24) is 0 Å². The van der Waals surface area contributed by atoms with Crippen LogP contribution in [-0.4, -0.2) is 0 Å². The van der Waals surface area contributed by atoms with Crippen molar-refractivity contribution in [3.8, 4) is 0 Å². The molecule has 1 unspecified atom stereocenters. The van der Waals surface area contributed by atoms with E-state index in [0.717, 1.165) is 15.6 Å². The van der Waals surface area contributed by atoms with Gasteiger partial charge in [0.1, 0.15) is 5.82 Å². The fourth-order valence-corrected chi connectivity index (χ4v) is 2.27. The summed E-state index contributed by atoms with van der Waals surface area (Å²) in [6.45, 7) is 1.73. The van der Waals surface area contributed by atoms with Gasteiger partial charge in [-0.15, -0.1) is 0 Å². The van der Waals surface area contributed by atoms with E-state index in [9.17, 15) is 4.39 Å². The number of halogens is 3. The van der Waals surface area contributed by atoms with Gasteiger partial charge in [-0.2, -0.15) is 0 Å². The molecular weight excluding hydrogens is 317 g/mol. The van der Waals surface area contributed by atoms with E-state index in [0.29, 0.717) is 10.6 Å². The molecule has 0 bridgehead atoms. The Morgan fingerprint density at radius 2 is 1.78 bits per heavy atom. The predicted molar refractivity (Wildman–Crippen MR) is 76.3 cm³/mol. The van der Waals surface area contributed by atoms with Gasteiger partial charge in [0.2, 0.25) is 0 Å². The fourth-order valence-electron chi connectivity index (χ4n) is 1.76. The number of hydrogen-bond acceptors (Lipinski definition) is 1. The van der Waals surface area contributed by atoms with Crippen molar-refractivity contribution in [2.45, 2.75) is 13.0 Å². The topological polar surface area (TPSA) is 26.0 Å². The first-order chi connectivity index (χ1) is 8.49. The van der Waals surface area contributed by atoms with E-state index in [1.165, 1.54) is 6.07 Å². The maximum Gasteiger partial charge on any atom is 0.126 e. The van der Waals surface area contributed by atoms with E-state index in [-0.39, 0.29) is 11.9 Å². The van der Waals surface area contributed by atoms with Gasteiger partial charge in [-0.25, -0.2) is 4.39 Å². The molecule has 0 spiro atoms. The van der Waals surface area contributed by atoms with E-state index in [1.807, 2.05) is 12.1 Å². The summed E-state index contributed by atoms with van der Waals surface area (Å²) in [4.78, 5) is 0. The minimum atomic E-state index is -0.294. The minimum Gasteiger partial charge on any atom is -0.320 e. The normalized spacial score (nSPS) is 12.5. The van der Waals surface area contributed by atoms with Gasteiger partial charge in [0.25, 0.3) is 0 Å². The number of rotatable bonds is 2. The average molecular weight is 329 g/mol. The van der Waals surface area contributed by atoms with Crippen LogP contribution in [0.3, 0.4) is 0 Å². The molecule has 0 aromatic heterocycles. The van der Waals surface area contributed by atoms with Crippen LogP contribution in [0, 0.1) is 12.7 Å². The fraction of sp³-hybridized carbons (Fsp3) is 0.143. The average Bonchev–Trinajstić information content (AvgIpc) is 2.35. The Morgan fingerprint density at radius 3 is 2.39 bits per heavy atom. The van der Waals surface area contributed by atoms with Gasteiger partial charge in [0, 0.05) is 4.47 Å². The molecule has 2 N–H and O–H groups in total. The summed E-state index contributed by atoms with van der Waals surface area (Å²) in [5, 5.41) is 0.640. The van der Waals surface area contributed by atoms with Crippen LogP contribution in [0.4, 0.5) is 4.39 Å². The van der Waals surface area contributed by atoms with E-state index in [4.69, 9.17) is 17.3 Å². The lowest BCUT2D eigenvalue weighted by molar-refractivity contribution is 0.617. The second-order valence-electron chi connectivity index (χ2n) is 4.16. The Morgan fingerprint density at radius 1 is 1.17 bits per heavy atom. The molecule has 18 heavy (non-hydrogen) atoms. The molecule has 4 heteroatoms. The van der Waals surface area contributed by atoms with Gasteiger partial charge >= 0.3 is 0 Å². The molecule has 0 heterocycles. The molecule has 2 rings (SSSR count). The Labute approximate surface area is 119 Å². The molecular formula is C14H12BrClFN. The molecule has 0 saturated carbocycles. The Bertz CT molecular complexity index is 535. The highest BCUT2D eigenvalue weighted by atomic mass is 79.9. The Kier molecular flexibility index (Phi) is 4.05. The van der Waals surface area contributed by atoms with Crippen LogP contribution in [0.1, 0.15) is 22.7 Å². The maximum absolute atomic E-state index is 13.2. The Hall–Kier alpha value is -0.900. The highest BCUT2D eigenvalue weighted by molar-refractivity contribution is 9.10. The monoisotopic (exact) mass is 327 g/mol. The van der Waals surface area contributed by atoms with Crippen LogP contribution >= 0.6 is 27.5 Å². The third kappa shape index (κ3) is 2.74. The van der Waals surface area contributed by atoms with Crippen molar-refractivity contribution in [2.75, 3.05) is 0 Å². The van der Waals surface area contributed by atoms with Crippen LogP contribution in [0.15, 0.2) is 40.9 Å². The van der Waals surface area contributed by atoms with Crippen LogP contribution in [0.5, 0.6) is 0 Å². The molecule has 2 aromatic rings. The van der Waals surface area contributed by atoms with Crippen LogP contribution in [-0.2, 0) is 0 Å². The second-order valence-corrected chi connectivity index (χ2v) is 5.42. The zero-order valence-electron chi connectivity index (χ0n) is 9.75. The van der Waals surface area contributed by atoms with Crippen LogP contribution in [0.2, 0.25) is 5.02 Å². The molecule has 94 valence electrons. The molecule has 2 aromatic carbocycles. The molecule has 0 fully saturated rings. The third-order valence-electron chi connectivity index (χ3n) is 2.84. The molecule has 0 aliphatic carbocycles. The van der Waals surface area contributed by atoms with Crippen molar-refractivity contribution in [1.29, 1.82) is 0 Å². The van der Waals surface area contributed by atoms with Gasteiger partial charge < -0.3 is 5.73 Å². The minimum absolute atomic E-state index is 0.219. The number of hydrogen-bond donors (Lipinski definition) is 1. The van der Waals surface area contributed by atoms with Gasteiger partial charge in [-0.3, -0.25) is 0 Å². The smallest absolute Gasteiger partial charge is 0.126 e. The van der Waals surface area contributed by atoms with Crippen molar-refractivity contribution in [2.24, 2.45) is 5.73 Å².